The molecular weight excluding hydrogens is 653 g/mol. The summed E-state index contributed by atoms with van der Waals surface area (Å²) in [6.07, 6.45) is -12.1. The number of carboxylic acids is 3. The summed E-state index contributed by atoms with van der Waals surface area (Å²) in [5, 5.41) is 21.4. The maximum absolute atomic E-state index is 10.6. The van der Waals surface area contributed by atoms with E-state index in [1.165, 1.54) is 0 Å². The van der Waals surface area contributed by atoms with Crippen molar-refractivity contribution in [2.45, 2.75) is 44.5 Å². The predicted molar refractivity (Wildman–Crippen MR) is 136 cm³/mol. The molecule has 258 valence electrons. The van der Waals surface area contributed by atoms with Crippen LogP contribution in [-0.2, 0) is 25.7 Å². The van der Waals surface area contributed by atoms with E-state index in [0.29, 0.717) is 30.4 Å². The fraction of sp³-hybridized carbons (Fsp3) is 0.500. The van der Waals surface area contributed by atoms with Gasteiger partial charge in [-0.1, -0.05) is 12.1 Å². The lowest BCUT2D eigenvalue weighted by Crippen LogP contribution is -2.25. The highest BCUT2D eigenvalue weighted by Crippen LogP contribution is 2.36. The Morgan fingerprint density at radius 2 is 1.41 bits per heavy atom. The molecule has 2 aliphatic rings. The minimum absolute atomic E-state index is 0.365. The Balaban J connectivity index is 0.000000413. The smallest absolute Gasteiger partial charge is 0.478 e. The molecule has 4 rings (SSSR count). The van der Waals surface area contributed by atoms with Gasteiger partial charge in [0.1, 0.15) is 0 Å². The van der Waals surface area contributed by atoms with Gasteiger partial charge in [-0.3, -0.25) is 9.88 Å². The molecular formula is C26H28F9N3O8. The Morgan fingerprint density at radius 3 is 1.87 bits per heavy atom. The van der Waals surface area contributed by atoms with Crippen molar-refractivity contribution in [3.8, 4) is 5.88 Å². The van der Waals surface area contributed by atoms with Crippen LogP contribution in [0.4, 0.5) is 39.5 Å². The second kappa shape index (κ2) is 17.5. The van der Waals surface area contributed by atoms with Crippen molar-refractivity contribution in [3.05, 3.63) is 54.0 Å². The summed E-state index contributed by atoms with van der Waals surface area (Å²) >= 11 is 0. The number of aryl methyl sites for hydroxylation is 1. The Bertz CT molecular complexity index is 1200. The molecule has 2 fully saturated rings. The van der Waals surface area contributed by atoms with Gasteiger partial charge in [0.2, 0.25) is 5.88 Å². The van der Waals surface area contributed by atoms with Gasteiger partial charge in [0.25, 0.3) is 0 Å². The van der Waals surface area contributed by atoms with Gasteiger partial charge in [0.15, 0.2) is 0 Å². The fourth-order valence-electron chi connectivity index (χ4n) is 3.97. The first kappa shape index (κ1) is 39.8. The van der Waals surface area contributed by atoms with Gasteiger partial charge >= 0.3 is 36.4 Å². The summed E-state index contributed by atoms with van der Waals surface area (Å²) in [6.45, 7) is 6.62. The SMILES string of the molecule is Cc1cccc(CN2C[C@H]3[C@@H](CCOc4ccccn4)CO[C@H]3C2)n1.O=C(O)C(F)(F)F.O=C(O)C(F)(F)F.O=C(O)C(F)(F)F. The average Bonchev–Trinajstić information content (AvgIpc) is 3.49. The summed E-state index contributed by atoms with van der Waals surface area (Å²) in [5.41, 5.74) is 2.23. The zero-order valence-electron chi connectivity index (χ0n) is 23.6. The number of pyridine rings is 2. The monoisotopic (exact) mass is 681 g/mol. The van der Waals surface area contributed by atoms with E-state index < -0.39 is 36.4 Å². The van der Waals surface area contributed by atoms with Crippen LogP contribution < -0.4 is 4.74 Å². The molecule has 0 unspecified atom stereocenters. The van der Waals surface area contributed by atoms with Crippen LogP contribution in [0.3, 0.4) is 0 Å². The molecule has 0 bridgehead atoms. The third-order valence-electron chi connectivity index (χ3n) is 5.95. The highest BCUT2D eigenvalue weighted by molar-refractivity contribution is 5.73. The van der Waals surface area contributed by atoms with Crippen molar-refractivity contribution < 1.29 is 78.7 Å². The highest BCUT2D eigenvalue weighted by Gasteiger charge is 2.43. The molecule has 0 aromatic carbocycles. The number of rotatable bonds is 6. The number of fused-ring (bicyclic) bond motifs is 1. The molecule has 0 spiro atoms. The first-order valence-electron chi connectivity index (χ1n) is 12.8. The van der Waals surface area contributed by atoms with E-state index in [9.17, 15) is 39.5 Å². The number of aliphatic carboxylic acids is 3. The number of nitrogens with zero attached hydrogens (tertiary/aromatic N) is 3. The molecule has 4 heterocycles. The van der Waals surface area contributed by atoms with Crippen LogP contribution in [0, 0.1) is 18.8 Å². The van der Waals surface area contributed by atoms with E-state index in [-0.39, 0.29) is 0 Å². The van der Waals surface area contributed by atoms with Crippen LogP contribution in [0.15, 0.2) is 42.6 Å². The number of aromatic nitrogens is 2. The van der Waals surface area contributed by atoms with E-state index in [1.807, 2.05) is 31.2 Å². The van der Waals surface area contributed by atoms with Crippen molar-refractivity contribution in [2.75, 3.05) is 26.3 Å². The first-order chi connectivity index (χ1) is 21.1. The van der Waals surface area contributed by atoms with Gasteiger partial charge in [-0.05, 0) is 37.5 Å². The molecule has 0 amide bonds. The summed E-state index contributed by atoms with van der Waals surface area (Å²) in [7, 11) is 0. The van der Waals surface area contributed by atoms with Crippen LogP contribution in [-0.4, -0.2) is 99.0 Å². The zero-order valence-corrected chi connectivity index (χ0v) is 23.6. The zero-order chi connectivity index (χ0) is 35.3. The molecule has 3 atom stereocenters. The van der Waals surface area contributed by atoms with E-state index in [0.717, 1.165) is 44.0 Å². The number of carboxylic acid groups (broad SMARTS) is 3. The van der Waals surface area contributed by atoms with Crippen molar-refractivity contribution >= 4 is 17.9 Å². The Hall–Kier alpha value is -4.20. The van der Waals surface area contributed by atoms with E-state index in [2.05, 4.69) is 27.0 Å². The van der Waals surface area contributed by atoms with Crippen LogP contribution in [0.25, 0.3) is 0 Å². The van der Waals surface area contributed by atoms with Crippen molar-refractivity contribution in [2.24, 2.45) is 11.8 Å². The maximum Gasteiger partial charge on any atom is 0.490 e. The molecule has 2 saturated heterocycles. The second-order valence-corrected chi connectivity index (χ2v) is 9.47. The minimum Gasteiger partial charge on any atom is -0.478 e. The van der Waals surface area contributed by atoms with Crippen LogP contribution in [0.5, 0.6) is 5.88 Å². The third kappa shape index (κ3) is 15.2. The quantitative estimate of drug-likeness (QED) is 0.366. The molecule has 46 heavy (non-hydrogen) atoms. The summed E-state index contributed by atoms with van der Waals surface area (Å²) in [6, 6.07) is 12.0. The lowest BCUT2D eigenvalue weighted by Gasteiger charge is -2.19. The van der Waals surface area contributed by atoms with Crippen molar-refractivity contribution in [3.63, 3.8) is 0 Å². The topological polar surface area (TPSA) is 159 Å². The number of carbonyl (C=O) groups is 3. The molecule has 0 aliphatic carbocycles. The average molecular weight is 682 g/mol. The number of ether oxygens (including phenoxy) is 2. The summed E-state index contributed by atoms with van der Waals surface area (Å²) < 4.78 is 107. The standard InChI is InChI=1S/C20H25N3O2.3C2HF3O2/c1-15-5-4-6-17(22-15)11-23-12-18-16(14-25-19(18)13-23)8-10-24-20-7-2-3-9-21-20;3*3-2(4,5)1(6)7/h2-7,9,16,18-19H,8,10-14H2,1H3;3*(H,6,7)/t16-,18-,19-;;;/m0.../s1. The van der Waals surface area contributed by atoms with Gasteiger partial charge in [-0.15, -0.1) is 0 Å². The Morgan fingerprint density at radius 1 is 0.870 bits per heavy atom. The number of likely N-dealkylation sites (tertiary alicyclic amines) is 1. The minimum atomic E-state index is -5.08. The fourth-order valence-corrected chi connectivity index (χ4v) is 3.97. The predicted octanol–water partition coefficient (Wildman–Crippen LogP) is 4.60. The molecule has 20 heteroatoms. The van der Waals surface area contributed by atoms with Gasteiger partial charge in [-0.2, -0.15) is 39.5 Å². The highest BCUT2D eigenvalue weighted by atomic mass is 19.4. The Labute approximate surface area is 254 Å². The van der Waals surface area contributed by atoms with Gasteiger partial charge in [0, 0.05) is 43.5 Å². The summed E-state index contributed by atoms with van der Waals surface area (Å²) in [4.78, 5) is 38.0. The van der Waals surface area contributed by atoms with Gasteiger partial charge in [0.05, 0.1) is 25.0 Å². The lowest BCUT2D eigenvalue weighted by molar-refractivity contribution is -0.193. The van der Waals surface area contributed by atoms with E-state index >= 15 is 0 Å². The third-order valence-corrected chi connectivity index (χ3v) is 5.95. The molecule has 2 aliphatic heterocycles. The molecule has 11 nitrogen and oxygen atoms in total. The molecule has 0 saturated carbocycles. The van der Waals surface area contributed by atoms with Gasteiger partial charge in [-0.25, -0.2) is 19.4 Å². The molecule has 3 N–H and O–H groups in total. The van der Waals surface area contributed by atoms with Crippen LogP contribution in [0.2, 0.25) is 0 Å². The molecule has 0 radical (unpaired) electrons. The maximum atomic E-state index is 10.6. The Kier molecular flexibility index (Phi) is 15.1. The first-order valence-corrected chi connectivity index (χ1v) is 12.8. The normalized spacial score (nSPS) is 19.2. The lowest BCUT2D eigenvalue weighted by atomic mass is 9.91. The van der Waals surface area contributed by atoms with Gasteiger partial charge < -0.3 is 24.8 Å². The van der Waals surface area contributed by atoms with Crippen molar-refractivity contribution in [1.82, 2.24) is 14.9 Å². The van der Waals surface area contributed by atoms with Crippen LogP contribution in [0.1, 0.15) is 17.8 Å². The van der Waals surface area contributed by atoms with Crippen LogP contribution >= 0.6 is 0 Å². The van der Waals surface area contributed by atoms with Crippen molar-refractivity contribution in [1.29, 1.82) is 0 Å². The molecule has 2 aromatic rings. The number of alkyl halides is 9. The largest absolute Gasteiger partial charge is 0.490 e. The number of halogens is 9. The second-order valence-electron chi connectivity index (χ2n) is 9.47. The van der Waals surface area contributed by atoms with E-state index in [1.54, 1.807) is 6.20 Å². The number of hydrogen-bond donors (Lipinski definition) is 3. The summed E-state index contributed by atoms with van der Waals surface area (Å²) in [5.74, 6) is -6.38. The van der Waals surface area contributed by atoms with E-state index in [4.69, 9.17) is 39.2 Å². The number of hydrogen-bond acceptors (Lipinski definition) is 8. The molecule has 2 aromatic heterocycles.